The Morgan fingerprint density at radius 3 is 1.50 bits per heavy atom. The zero-order valence-electron chi connectivity index (χ0n) is 7.26. The average molecular weight is 216 g/mol. The van der Waals surface area contributed by atoms with Crippen LogP contribution in [0.5, 0.6) is 0 Å². The first kappa shape index (κ1) is 12.3. The van der Waals surface area contributed by atoms with Crippen LogP contribution in [0.15, 0.2) is 0 Å². The molecule has 0 fully saturated rings. The van der Waals surface area contributed by atoms with E-state index in [-0.39, 0.29) is 0 Å². The lowest BCUT2D eigenvalue weighted by molar-refractivity contribution is 0.373. The van der Waals surface area contributed by atoms with Gasteiger partial charge in [-0.3, -0.25) is 9.13 Å². The molecule has 12 heavy (non-hydrogen) atoms. The highest BCUT2D eigenvalue weighted by Crippen LogP contribution is 2.62. The molecule has 1 atom stereocenters. The monoisotopic (exact) mass is 216 g/mol. The Kier molecular flexibility index (Phi) is 3.33. The van der Waals surface area contributed by atoms with Crippen LogP contribution in [0.25, 0.3) is 0 Å². The summed E-state index contributed by atoms with van der Waals surface area (Å²) in [6, 6.07) is 0. The fourth-order valence-corrected chi connectivity index (χ4v) is 4.16. The quantitative estimate of drug-likeness (QED) is 0.602. The van der Waals surface area contributed by atoms with E-state index in [0.29, 0.717) is 0 Å². The Hall–Kier alpha value is 0.340. The van der Waals surface area contributed by atoms with Crippen molar-refractivity contribution in [2.24, 2.45) is 0 Å². The molecular weight excluding hydrogens is 202 g/mol. The molecule has 1 unspecified atom stereocenters. The summed E-state index contributed by atoms with van der Waals surface area (Å²) in [5.74, 6) is -0.941. The second kappa shape index (κ2) is 3.24. The van der Waals surface area contributed by atoms with Crippen LogP contribution in [0.2, 0.25) is 0 Å². The van der Waals surface area contributed by atoms with Crippen molar-refractivity contribution >= 4 is 15.0 Å². The van der Waals surface area contributed by atoms with Crippen molar-refractivity contribution in [2.45, 2.75) is 25.9 Å². The third kappa shape index (κ3) is 3.83. The highest BCUT2D eigenvalue weighted by Gasteiger charge is 2.39. The van der Waals surface area contributed by atoms with Crippen LogP contribution in [-0.4, -0.2) is 25.7 Å². The van der Waals surface area contributed by atoms with Gasteiger partial charge in [-0.15, -0.1) is 0 Å². The molecule has 0 amide bonds. The van der Waals surface area contributed by atoms with E-state index in [2.05, 4.69) is 0 Å². The normalized spacial score (nSPS) is 18.8. The minimum absolute atomic E-state index is 0.941. The smallest absolute Gasteiger partial charge is 0.335 e. The zero-order chi connectivity index (χ0) is 10.2. The van der Waals surface area contributed by atoms with E-state index >= 15 is 0 Å². The largest absolute Gasteiger partial charge is 0.343 e. The lowest BCUT2D eigenvalue weighted by atomic mass is 10.3. The van der Waals surface area contributed by atoms with Crippen molar-refractivity contribution in [1.29, 1.82) is 0 Å². The standard InChI is InChI=1S/C5H14O5P2/c1-5(2,3)11(6,7)4-12(8,9)10/h4H2,1-3H3,(H,6,7)(H2,8,9,10). The highest BCUT2D eigenvalue weighted by atomic mass is 31.2. The molecule has 5 nitrogen and oxygen atoms in total. The first-order chi connectivity index (χ1) is 4.96. The van der Waals surface area contributed by atoms with Crippen LogP contribution >= 0.6 is 15.0 Å². The van der Waals surface area contributed by atoms with Crippen molar-refractivity contribution in [2.75, 3.05) is 5.90 Å². The summed E-state index contributed by atoms with van der Waals surface area (Å²) in [5.41, 5.74) is 0. The maximum Gasteiger partial charge on any atom is 0.335 e. The molecule has 0 bridgehead atoms. The predicted octanol–water partition coefficient (Wildman–Crippen LogP) is 1.19. The third-order valence-corrected chi connectivity index (χ3v) is 6.53. The highest BCUT2D eigenvalue weighted by molar-refractivity contribution is 7.73. The molecule has 0 saturated carbocycles. The molecule has 0 aromatic heterocycles. The van der Waals surface area contributed by atoms with E-state index in [1.54, 1.807) is 0 Å². The maximum absolute atomic E-state index is 11.3. The maximum atomic E-state index is 11.3. The van der Waals surface area contributed by atoms with E-state index in [0.717, 1.165) is 0 Å². The Morgan fingerprint density at radius 2 is 1.42 bits per heavy atom. The molecule has 0 heterocycles. The van der Waals surface area contributed by atoms with E-state index in [4.69, 9.17) is 9.79 Å². The number of rotatable bonds is 2. The van der Waals surface area contributed by atoms with Crippen LogP contribution < -0.4 is 0 Å². The van der Waals surface area contributed by atoms with E-state index in [9.17, 15) is 14.0 Å². The van der Waals surface area contributed by atoms with Gasteiger partial charge in [-0.05, 0) is 0 Å². The lowest BCUT2D eigenvalue weighted by Crippen LogP contribution is -2.16. The molecule has 3 N–H and O–H groups in total. The molecule has 0 saturated heterocycles. The molecule has 74 valence electrons. The fourth-order valence-electron chi connectivity index (χ4n) is 0.462. The zero-order valence-corrected chi connectivity index (χ0v) is 9.05. The van der Waals surface area contributed by atoms with E-state index in [1.165, 1.54) is 20.8 Å². The molecular formula is C5H14O5P2. The summed E-state index contributed by atoms with van der Waals surface area (Å²) in [6.45, 7) is 4.43. The van der Waals surface area contributed by atoms with Gasteiger partial charge in [0.05, 0.1) is 0 Å². The molecule has 0 rings (SSSR count). The third-order valence-electron chi connectivity index (χ3n) is 1.42. The predicted molar refractivity (Wildman–Crippen MR) is 46.5 cm³/mol. The molecule has 7 heteroatoms. The minimum atomic E-state index is -4.40. The summed E-state index contributed by atoms with van der Waals surface area (Å²) < 4.78 is 21.8. The summed E-state index contributed by atoms with van der Waals surface area (Å²) in [5, 5.41) is -0.978. The van der Waals surface area contributed by atoms with Gasteiger partial charge in [0.2, 0.25) is 7.37 Å². The second-order valence-corrected chi connectivity index (χ2v) is 8.88. The summed E-state index contributed by atoms with van der Waals surface area (Å²) >= 11 is 0. The molecule has 0 aromatic rings. The lowest BCUT2D eigenvalue weighted by Gasteiger charge is -2.25. The molecule has 0 spiro atoms. The van der Waals surface area contributed by atoms with Gasteiger partial charge in [0.25, 0.3) is 0 Å². The number of hydrogen-bond acceptors (Lipinski definition) is 2. The van der Waals surface area contributed by atoms with Gasteiger partial charge in [-0.25, -0.2) is 0 Å². The van der Waals surface area contributed by atoms with Gasteiger partial charge in [-0.2, -0.15) is 0 Å². The summed E-state index contributed by atoms with van der Waals surface area (Å²) in [4.78, 5) is 26.2. The Labute approximate surface area is 71.4 Å². The van der Waals surface area contributed by atoms with Gasteiger partial charge in [0.15, 0.2) is 0 Å². The average Bonchev–Trinajstić information content (AvgIpc) is 1.52. The first-order valence-electron chi connectivity index (χ1n) is 3.32. The van der Waals surface area contributed by atoms with Crippen molar-refractivity contribution in [3.63, 3.8) is 0 Å². The van der Waals surface area contributed by atoms with Crippen LogP contribution in [0.3, 0.4) is 0 Å². The van der Waals surface area contributed by atoms with Crippen LogP contribution in [0, 0.1) is 0 Å². The Balaban J connectivity index is 4.69. The Morgan fingerprint density at radius 1 is 1.08 bits per heavy atom. The van der Waals surface area contributed by atoms with Gasteiger partial charge in [0.1, 0.15) is 5.90 Å². The van der Waals surface area contributed by atoms with Crippen molar-refractivity contribution in [3.8, 4) is 0 Å². The fraction of sp³-hybridized carbons (Fsp3) is 1.00. The Bertz CT molecular complexity index is 247. The second-order valence-electron chi connectivity index (χ2n) is 3.68. The van der Waals surface area contributed by atoms with Crippen molar-refractivity contribution in [1.82, 2.24) is 0 Å². The van der Waals surface area contributed by atoms with Crippen LogP contribution in [-0.2, 0) is 9.13 Å². The van der Waals surface area contributed by atoms with E-state index < -0.39 is 26.0 Å². The van der Waals surface area contributed by atoms with Crippen LogP contribution in [0.4, 0.5) is 0 Å². The van der Waals surface area contributed by atoms with Gasteiger partial charge < -0.3 is 14.7 Å². The summed E-state index contributed by atoms with van der Waals surface area (Å²) in [6.07, 6.45) is 0. The van der Waals surface area contributed by atoms with E-state index in [1.807, 2.05) is 0 Å². The molecule has 0 aliphatic rings. The van der Waals surface area contributed by atoms with Crippen molar-refractivity contribution < 1.29 is 23.8 Å². The van der Waals surface area contributed by atoms with Crippen molar-refractivity contribution in [3.05, 3.63) is 0 Å². The molecule has 0 aromatic carbocycles. The topological polar surface area (TPSA) is 94.8 Å². The first-order valence-corrected chi connectivity index (χ1v) is 6.96. The number of hydrogen-bond donors (Lipinski definition) is 3. The minimum Gasteiger partial charge on any atom is -0.343 e. The molecule has 0 aliphatic carbocycles. The summed E-state index contributed by atoms with van der Waals surface area (Å²) in [7, 11) is -8.16. The van der Waals surface area contributed by atoms with Gasteiger partial charge >= 0.3 is 7.60 Å². The van der Waals surface area contributed by atoms with Gasteiger partial charge in [0, 0.05) is 5.16 Å². The van der Waals surface area contributed by atoms with Crippen LogP contribution in [0.1, 0.15) is 20.8 Å². The molecule has 0 aliphatic heterocycles. The molecule has 0 radical (unpaired) electrons. The van der Waals surface area contributed by atoms with Gasteiger partial charge in [-0.1, -0.05) is 20.8 Å². The SMILES string of the molecule is CC(C)(C)P(=O)(O)CP(=O)(O)O.